The van der Waals surface area contributed by atoms with Crippen molar-refractivity contribution in [3.63, 3.8) is 0 Å². The third-order valence-electron chi connectivity index (χ3n) is 3.55. The van der Waals surface area contributed by atoms with E-state index in [1.54, 1.807) is 6.07 Å². The number of ether oxygens (including phenoxy) is 2. The summed E-state index contributed by atoms with van der Waals surface area (Å²) in [5, 5.41) is 19.7. The maximum atomic E-state index is 10.3. The second-order valence-corrected chi connectivity index (χ2v) is 5.06. The molecule has 0 radical (unpaired) electrons. The summed E-state index contributed by atoms with van der Waals surface area (Å²) in [4.78, 5) is 0. The van der Waals surface area contributed by atoms with E-state index in [0.29, 0.717) is 23.7 Å². The molecule has 0 saturated heterocycles. The standard InChI is InChI=1S/C15H22O4/c1-2-18-13-7-5-6-12(10-16)14(13)19-11-15(17)8-3-4-9-15/h5-7,16-17H,2-4,8-11H2,1H3. The Bertz CT molecular complexity index is 411. The Morgan fingerprint density at radius 3 is 2.58 bits per heavy atom. The summed E-state index contributed by atoms with van der Waals surface area (Å²) in [6, 6.07) is 5.45. The number of hydrogen-bond donors (Lipinski definition) is 2. The van der Waals surface area contributed by atoms with Crippen LogP contribution in [0.25, 0.3) is 0 Å². The van der Waals surface area contributed by atoms with E-state index in [1.807, 2.05) is 19.1 Å². The van der Waals surface area contributed by atoms with E-state index in [9.17, 15) is 10.2 Å². The van der Waals surface area contributed by atoms with Crippen LogP contribution in [-0.4, -0.2) is 29.0 Å². The lowest BCUT2D eigenvalue weighted by Gasteiger charge is -2.24. The van der Waals surface area contributed by atoms with Gasteiger partial charge in [0.25, 0.3) is 0 Å². The van der Waals surface area contributed by atoms with Crippen molar-refractivity contribution in [1.29, 1.82) is 0 Å². The number of aliphatic hydroxyl groups excluding tert-OH is 1. The number of benzene rings is 1. The van der Waals surface area contributed by atoms with Gasteiger partial charge in [0, 0.05) is 5.56 Å². The summed E-state index contributed by atoms with van der Waals surface area (Å²) in [5.74, 6) is 1.17. The molecule has 2 rings (SSSR count). The highest BCUT2D eigenvalue weighted by Crippen LogP contribution is 2.35. The van der Waals surface area contributed by atoms with Crippen molar-refractivity contribution in [2.45, 2.75) is 44.8 Å². The Balaban J connectivity index is 2.12. The quantitative estimate of drug-likeness (QED) is 0.829. The number of para-hydroxylation sites is 1. The fourth-order valence-electron chi connectivity index (χ4n) is 2.50. The monoisotopic (exact) mass is 266 g/mol. The molecule has 106 valence electrons. The molecule has 0 heterocycles. The second kappa shape index (κ2) is 6.26. The number of hydrogen-bond acceptors (Lipinski definition) is 4. The third kappa shape index (κ3) is 3.39. The van der Waals surface area contributed by atoms with Gasteiger partial charge >= 0.3 is 0 Å². The van der Waals surface area contributed by atoms with Crippen LogP contribution >= 0.6 is 0 Å². The molecule has 0 atom stereocenters. The Labute approximate surface area is 114 Å². The number of rotatable bonds is 6. The summed E-state index contributed by atoms with van der Waals surface area (Å²) in [6.45, 7) is 2.59. The molecule has 1 saturated carbocycles. The summed E-state index contributed by atoms with van der Waals surface area (Å²) < 4.78 is 11.3. The van der Waals surface area contributed by atoms with E-state index in [0.717, 1.165) is 25.7 Å². The van der Waals surface area contributed by atoms with Gasteiger partial charge in [-0.25, -0.2) is 0 Å². The van der Waals surface area contributed by atoms with Gasteiger partial charge in [-0.1, -0.05) is 25.0 Å². The zero-order valence-corrected chi connectivity index (χ0v) is 11.4. The molecule has 0 bridgehead atoms. The molecule has 0 aromatic heterocycles. The Hall–Kier alpha value is -1.26. The summed E-state index contributed by atoms with van der Waals surface area (Å²) >= 11 is 0. The summed E-state index contributed by atoms with van der Waals surface area (Å²) in [7, 11) is 0. The molecule has 0 aliphatic heterocycles. The van der Waals surface area contributed by atoms with E-state index < -0.39 is 5.60 Å². The molecule has 0 unspecified atom stereocenters. The first-order valence-electron chi connectivity index (χ1n) is 6.89. The molecule has 4 nitrogen and oxygen atoms in total. The average molecular weight is 266 g/mol. The molecule has 1 aliphatic rings. The van der Waals surface area contributed by atoms with Crippen molar-refractivity contribution in [2.24, 2.45) is 0 Å². The van der Waals surface area contributed by atoms with Gasteiger partial charge in [0.15, 0.2) is 11.5 Å². The molecule has 4 heteroatoms. The normalized spacial score (nSPS) is 17.4. The van der Waals surface area contributed by atoms with Crippen molar-refractivity contribution in [3.8, 4) is 11.5 Å². The minimum atomic E-state index is -0.730. The average Bonchev–Trinajstić information content (AvgIpc) is 2.84. The van der Waals surface area contributed by atoms with Gasteiger partial charge in [-0.3, -0.25) is 0 Å². The SMILES string of the molecule is CCOc1cccc(CO)c1OCC1(O)CCCC1. The minimum Gasteiger partial charge on any atom is -0.490 e. The molecule has 1 fully saturated rings. The lowest BCUT2D eigenvalue weighted by Crippen LogP contribution is -2.32. The highest BCUT2D eigenvalue weighted by atomic mass is 16.5. The van der Waals surface area contributed by atoms with Crippen molar-refractivity contribution in [1.82, 2.24) is 0 Å². The van der Waals surface area contributed by atoms with Crippen molar-refractivity contribution >= 4 is 0 Å². The van der Waals surface area contributed by atoms with E-state index in [-0.39, 0.29) is 13.2 Å². The summed E-state index contributed by atoms with van der Waals surface area (Å²) in [5.41, 5.74) is -0.0426. The zero-order valence-electron chi connectivity index (χ0n) is 11.4. The molecular formula is C15H22O4. The Morgan fingerprint density at radius 1 is 1.21 bits per heavy atom. The van der Waals surface area contributed by atoms with Crippen LogP contribution in [0.15, 0.2) is 18.2 Å². The van der Waals surface area contributed by atoms with E-state index in [2.05, 4.69) is 0 Å². The van der Waals surface area contributed by atoms with Crippen LogP contribution in [0.1, 0.15) is 38.2 Å². The van der Waals surface area contributed by atoms with Gasteiger partial charge in [0.1, 0.15) is 6.61 Å². The van der Waals surface area contributed by atoms with Gasteiger partial charge in [-0.15, -0.1) is 0 Å². The van der Waals surface area contributed by atoms with Crippen LogP contribution in [0, 0.1) is 0 Å². The fourth-order valence-corrected chi connectivity index (χ4v) is 2.50. The van der Waals surface area contributed by atoms with Crippen LogP contribution in [0.2, 0.25) is 0 Å². The molecule has 1 aliphatic carbocycles. The van der Waals surface area contributed by atoms with Crippen LogP contribution in [0.3, 0.4) is 0 Å². The smallest absolute Gasteiger partial charge is 0.166 e. The molecule has 1 aromatic rings. The lowest BCUT2D eigenvalue weighted by atomic mass is 10.0. The maximum Gasteiger partial charge on any atom is 0.166 e. The minimum absolute atomic E-state index is 0.103. The number of aliphatic hydroxyl groups is 2. The summed E-state index contributed by atoms with van der Waals surface area (Å²) in [6.07, 6.45) is 3.64. The first-order valence-corrected chi connectivity index (χ1v) is 6.89. The Morgan fingerprint density at radius 2 is 1.95 bits per heavy atom. The lowest BCUT2D eigenvalue weighted by molar-refractivity contribution is -0.0000144. The van der Waals surface area contributed by atoms with Gasteiger partial charge < -0.3 is 19.7 Å². The molecule has 2 N–H and O–H groups in total. The molecule has 19 heavy (non-hydrogen) atoms. The first-order chi connectivity index (χ1) is 9.18. The van der Waals surface area contributed by atoms with Crippen LogP contribution < -0.4 is 9.47 Å². The van der Waals surface area contributed by atoms with Crippen molar-refractivity contribution in [3.05, 3.63) is 23.8 Å². The van der Waals surface area contributed by atoms with Crippen LogP contribution in [-0.2, 0) is 6.61 Å². The van der Waals surface area contributed by atoms with Crippen molar-refractivity contribution < 1.29 is 19.7 Å². The van der Waals surface area contributed by atoms with E-state index >= 15 is 0 Å². The molecular weight excluding hydrogens is 244 g/mol. The third-order valence-corrected chi connectivity index (χ3v) is 3.55. The highest BCUT2D eigenvalue weighted by Gasteiger charge is 2.32. The van der Waals surface area contributed by atoms with Gasteiger partial charge in [0.2, 0.25) is 0 Å². The predicted octanol–water partition coefficient (Wildman–Crippen LogP) is 2.26. The second-order valence-electron chi connectivity index (χ2n) is 5.06. The topological polar surface area (TPSA) is 58.9 Å². The van der Waals surface area contributed by atoms with E-state index in [1.165, 1.54) is 0 Å². The van der Waals surface area contributed by atoms with Gasteiger partial charge in [0.05, 0.1) is 18.8 Å². The van der Waals surface area contributed by atoms with Crippen molar-refractivity contribution in [2.75, 3.05) is 13.2 Å². The molecule has 0 spiro atoms. The van der Waals surface area contributed by atoms with Crippen LogP contribution in [0.4, 0.5) is 0 Å². The van der Waals surface area contributed by atoms with E-state index in [4.69, 9.17) is 9.47 Å². The maximum absolute atomic E-state index is 10.3. The highest BCUT2D eigenvalue weighted by molar-refractivity contribution is 5.46. The van der Waals surface area contributed by atoms with Crippen LogP contribution in [0.5, 0.6) is 11.5 Å². The first kappa shape index (κ1) is 14.2. The molecule has 0 amide bonds. The largest absolute Gasteiger partial charge is 0.490 e. The zero-order chi connectivity index (χ0) is 13.7. The van der Waals surface area contributed by atoms with Gasteiger partial charge in [-0.05, 0) is 25.8 Å². The molecule has 1 aromatic carbocycles. The predicted molar refractivity (Wildman–Crippen MR) is 72.4 cm³/mol. The fraction of sp³-hybridized carbons (Fsp3) is 0.600. The Kier molecular flexibility index (Phi) is 4.66. The van der Waals surface area contributed by atoms with Gasteiger partial charge in [-0.2, -0.15) is 0 Å².